The van der Waals surface area contributed by atoms with Crippen LogP contribution in [0, 0.1) is 0 Å². The van der Waals surface area contributed by atoms with E-state index in [9.17, 15) is 0 Å². The second-order valence-electron chi connectivity index (χ2n) is 5.40. The maximum atomic E-state index is 5.13. The molecule has 1 atom stereocenters. The second-order valence-corrected chi connectivity index (χ2v) is 5.40. The van der Waals surface area contributed by atoms with Gasteiger partial charge in [-0.2, -0.15) is 0 Å². The molecule has 5 heteroatoms. The smallest absolute Gasteiger partial charge is 0.122 e. The van der Waals surface area contributed by atoms with Gasteiger partial charge in [-0.25, -0.2) is 4.98 Å². The number of ether oxygens (including phenoxy) is 1. The number of pyridine rings is 1. The molecule has 0 aliphatic heterocycles. The maximum Gasteiger partial charge on any atom is 0.122 e. The van der Waals surface area contributed by atoms with Crippen LogP contribution < -0.4 is 5.32 Å². The molecule has 0 aromatic carbocycles. The van der Waals surface area contributed by atoms with E-state index in [1.807, 2.05) is 24.7 Å². The Bertz CT molecular complexity index is 581. The van der Waals surface area contributed by atoms with Crippen LogP contribution in [0.4, 0.5) is 0 Å². The highest BCUT2D eigenvalue weighted by molar-refractivity contribution is 5.25. The predicted octanol–water partition coefficient (Wildman–Crippen LogP) is 2.09. The molecule has 0 saturated carbocycles. The molecule has 0 fully saturated rings. The molecule has 0 radical (unpaired) electrons. The van der Waals surface area contributed by atoms with Crippen molar-refractivity contribution in [2.45, 2.75) is 38.4 Å². The van der Waals surface area contributed by atoms with Crippen LogP contribution in [0.3, 0.4) is 0 Å². The number of rotatable bonds is 6. The van der Waals surface area contributed by atoms with Crippen molar-refractivity contribution in [3.63, 3.8) is 0 Å². The van der Waals surface area contributed by atoms with E-state index in [-0.39, 0.29) is 0 Å². The fourth-order valence-corrected chi connectivity index (χ4v) is 2.92. The van der Waals surface area contributed by atoms with E-state index in [2.05, 4.69) is 25.9 Å². The second kappa shape index (κ2) is 6.83. The summed E-state index contributed by atoms with van der Waals surface area (Å²) < 4.78 is 7.27. The highest BCUT2D eigenvalue weighted by Gasteiger charge is 2.21. The first-order valence-electron chi connectivity index (χ1n) is 7.54. The van der Waals surface area contributed by atoms with Crippen LogP contribution in [0.1, 0.15) is 36.0 Å². The van der Waals surface area contributed by atoms with Gasteiger partial charge in [-0.3, -0.25) is 4.98 Å². The van der Waals surface area contributed by atoms with Crippen LogP contribution in [0.2, 0.25) is 0 Å². The van der Waals surface area contributed by atoms with Crippen molar-refractivity contribution >= 4 is 0 Å². The summed E-state index contributed by atoms with van der Waals surface area (Å²) in [4.78, 5) is 9.00. The van der Waals surface area contributed by atoms with Crippen molar-refractivity contribution in [3.8, 4) is 0 Å². The summed E-state index contributed by atoms with van der Waals surface area (Å²) in [6.07, 6.45) is 9.24. The van der Waals surface area contributed by atoms with Crippen molar-refractivity contribution in [1.82, 2.24) is 19.9 Å². The molecule has 2 heterocycles. The standard InChI is InChI=1S/C16H22N4O/c1-21-11-10-20-9-8-17-15(20)12-19-14-6-2-4-13-5-3-7-18-16(13)14/h3,5,7-9,14,19H,2,4,6,10-12H2,1H3. The zero-order valence-electron chi connectivity index (χ0n) is 12.5. The third-order valence-corrected chi connectivity index (χ3v) is 4.04. The van der Waals surface area contributed by atoms with E-state index in [4.69, 9.17) is 4.74 Å². The molecule has 1 aliphatic carbocycles. The van der Waals surface area contributed by atoms with Crippen LogP contribution in [0.15, 0.2) is 30.7 Å². The van der Waals surface area contributed by atoms with Crippen molar-refractivity contribution in [3.05, 3.63) is 47.8 Å². The number of nitrogens with one attached hydrogen (secondary N) is 1. The number of hydrogen-bond acceptors (Lipinski definition) is 4. The first-order valence-corrected chi connectivity index (χ1v) is 7.54. The summed E-state index contributed by atoms with van der Waals surface area (Å²) in [6.45, 7) is 2.31. The zero-order chi connectivity index (χ0) is 14.5. The van der Waals surface area contributed by atoms with E-state index in [1.54, 1.807) is 7.11 Å². The van der Waals surface area contributed by atoms with Gasteiger partial charge < -0.3 is 14.6 Å². The Morgan fingerprint density at radius 1 is 1.38 bits per heavy atom. The van der Waals surface area contributed by atoms with Gasteiger partial charge >= 0.3 is 0 Å². The van der Waals surface area contributed by atoms with Gasteiger partial charge in [0.1, 0.15) is 5.82 Å². The summed E-state index contributed by atoms with van der Waals surface area (Å²) in [5, 5.41) is 3.61. The van der Waals surface area contributed by atoms with Crippen molar-refractivity contribution in [2.24, 2.45) is 0 Å². The Balaban J connectivity index is 1.65. The van der Waals surface area contributed by atoms with Gasteiger partial charge in [-0.1, -0.05) is 6.07 Å². The zero-order valence-corrected chi connectivity index (χ0v) is 12.5. The minimum absolute atomic E-state index is 0.336. The average molecular weight is 286 g/mol. The Morgan fingerprint density at radius 2 is 2.33 bits per heavy atom. The first kappa shape index (κ1) is 14.2. The Morgan fingerprint density at radius 3 is 3.24 bits per heavy atom. The van der Waals surface area contributed by atoms with Crippen molar-refractivity contribution in [1.29, 1.82) is 0 Å². The molecule has 0 saturated heterocycles. The van der Waals surface area contributed by atoms with Gasteiger partial charge in [0.05, 0.1) is 24.9 Å². The molecule has 2 aromatic heterocycles. The molecule has 112 valence electrons. The van der Waals surface area contributed by atoms with E-state index >= 15 is 0 Å². The van der Waals surface area contributed by atoms with Crippen LogP contribution >= 0.6 is 0 Å². The fraction of sp³-hybridized carbons (Fsp3) is 0.500. The number of fused-ring (bicyclic) bond motifs is 1. The largest absolute Gasteiger partial charge is 0.383 e. The third kappa shape index (κ3) is 3.31. The lowest BCUT2D eigenvalue weighted by atomic mass is 9.92. The first-order chi connectivity index (χ1) is 10.4. The van der Waals surface area contributed by atoms with Gasteiger partial charge in [0.2, 0.25) is 0 Å². The molecule has 0 bridgehead atoms. The molecular formula is C16H22N4O. The monoisotopic (exact) mass is 286 g/mol. The third-order valence-electron chi connectivity index (χ3n) is 4.04. The number of imidazole rings is 1. The van der Waals surface area contributed by atoms with Gasteiger partial charge in [0.25, 0.3) is 0 Å². The molecule has 21 heavy (non-hydrogen) atoms. The predicted molar refractivity (Wildman–Crippen MR) is 80.9 cm³/mol. The summed E-state index contributed by atoms with van der Waals surface area (Å²) in [7, 11) is 1.72. The SMILES string of the molecule is COCCn1ccnc1CNC1CCCc2cccnc21. The highest BCUT2D eigenvalue weighted by atomic mass is 16.5. The van der Waals surface area contributed by atoms with Crippen LogP contribution in [0.5, 0.6) is 0 Å². The van der Waals surface area contributed by atoms with Crippen LogP contribution in [-0.4, -0.2) is 28.3 Å². The van der Waals surface area contributed by atoms with Gasteiger partial charge in [-0.05, 0) is 30.9 Å². The van der Waals surface area contributed by atoms with Gasteiger partial charge in [-0.15, -0.1) is 0 Å². The summed E-state index contributed by atoms with van der Waals surface area (Å²) in [5.41, 5.74) is 2.59. The maximum absolute atomic E-state index is 5.13. The Labute approximate surface area is 125 Å². The topological polar surface area (TPSA) is 52.0 Å². The average Bonchev–Trinajstić information content (AvgIpc) is 2.98. The number of aromatic nitrogens is 3. The fourth-order valence-electron chi connectivity index (χ4n) is 2.92. The lowest BCUT2D eigenvalue weighted by molar-refractivity contribution is 0.186. The molecule has 0 amide bonds. The molecule has 1 aliphatic rings. The van der Waals surface area contributed by atoms with Crippen molar-refractivity contribution in [2.75, 3.05) is 13.7 Å². The van der Waals surface area contributed by atoms with Crippen LogP contribution in [-0.2, 0) is 24.2 Å². The lowest BCUT2D eigenvalue weighted by Crippen LogP contribution is -2.27. The normalized spacial score (nSPS) is 17.7. The van der Waals surface area contributed by atoms with E-state index in [1.165, 1.54) is 17.7 Å². The minimum Gasteiger partial charge on any atom is -0.383 e. The number of methoxy groups -OCH3 is 1. The highest BCUT2D eigenvalue weighted by Crippen LogP contribution is 2.27. The summed E-state index contributed by atoms with van der Waals surface area (Å²) in [5.74, 6) is 1.05. The Kier molecular flexibility index (Phi) is 4.62. The number of nitrogens with zero attached hydrogens (tertiary/aromatic N) is 3. The molecular weight excluding hydrogens is 264 g/mol. The molecule has 3 rings (SSSR count). The Hall–Kier alpha value is -1.72. The van der Waals surface area contributed by atoms with Crippen molar-refractivity contribution < 1.29 is 4.74 Å². The van der Waals surface area contributed by atoms with E-state index < -0.39 is 0 Å². The summed E-state index contributed by atoms with van der Waals surface area (Å²) in [6, 6.07) is 4.55. The minimum atomic E-state index is 0.336. The molecule has 0 spiro atoms. The van der Waals surface area contributed by atoms with E-state index in [0.717, 1.165) is 31.8 Å². The number of hydrogen-bond donors (Lipinski definition) is 1. The lowest BCUT2D eigenvalue weighted by Gasteiger charge is -2.25. The molecule has 5 nitrogen and oxygen atoms in total. The van der Waals surface area contributed by atoms with Gasteiger partial charge in [0.15, 0.2) is 0 Å². The van der Waals surface area contributed by atoms with Gasteiger partial charge in [0, 0.05) is 32.2 Å². The van der Waals surface area contributed by atoms with E-state index in [0.29, 0.717) is 12.6 Å². The quantitative estimate of drug-likeness (QED) is 0.883. The molecule has 1 N–H and O–H groups in total. The number of aryl methyl sites for hydroxylation is 1. The molecule has 1 unspecified atom stereocenters. The summed E-state index contributed by atoms with van der Waals surface area (Å²) >= 11 is 0. The molecule has 2 aromatic rings. The van der Waals surface area contributed by atoms with Crippen LogP contribution in [0.25, 0.3) is 0 Å².